The van der Waals surface area contributed by atoms with E-state index < -0.39 is 11.7 Å². The lowest BCUT2D eigenvalue weighted by Crippen LogP contribution is -2.48. The van der Waals surface area contributed by atoms with Crippen molar-refractivity contribution >= 4 is 12.0 Å². The molecule has 1 aliphatic heterocycles. The molecule has 2 fully saturated rings. The molecule has 2 bridgehead atoms. The molecule has 12 heteroatoms. The Hall–Kier alpha value is -3.31. The average molecular weight is 492 g/mol. The third-order valence-electron chi connectivity index (χ3n) is 6.73. The number of ether oxygens (including phenoxy) is 1. The molecule has 1 N–H and O–H groups in total. The summed E-state index contributed by atoms with van der Waals surface area (Å²) in [5, 5.41) is 11.9. The van der Waals surface area contributed by atoms with E-state index >= 15 is 0 Å². The Kier molecular flexibility index (Phi) is 5.84. The van der Waals surface area contributed by atoms with Gasteiger partial charge < -0.3 is 19.5 Å². The first-order valence-corrected chi connectivity index (χ1v) is 11.7. The van der Waals surface area contributed by atoms with E-state index in [1.807, 2.05) is 13.8 Å². The topological polar surface area (TPSA) is 94.1 Å². The Balaban J connectivity index is 1.34. The smallest absolute Gasteiger partial charge is 0.416 e. The number of halogens is 3. The summed E-state index contributed by atoms with van der Waals surface area (Å²) in [5.74, 6) is 1.78. The number of nitrogens with zero attached hydrogens (tertiary/aromatic N) is 6. The second-order valence-electron chi connectivity index (χ2n) is 9.63. The van der Waals surface area contributed by atoms with Crippen LogP contribution in [0.25, 0.3) is 0 Å². The van der Waals surface area contributed by atoms with Gasteiger partial charge in [-0.3, -0.25) is 0 Å². The van der Waals surface area contributed by atoms with Gasteiger partial charge in [-0.25, -0.2) is 4.68 Å². The summed E-state index contributed by atoms with van der Waals surface area (Å²) in [6.45, 7) is 8.62. The van der Waals surface area contributed by atoms with Crippen LogP contribution in [-0.2, 0) is 6.18 Å². The van der Waals surface area contributed by atoms with Crippen LogP contribution in [0.15, 0.2) is 22.7 Å². The third kappa shape index (κ3) is 4.65. The molecule has 5 rings (SSSR count). The molecule has 9 nitrogen and oxygen atoms in total. The highest BCUT2D eigenvalue weighted by Crippen LogP contribution is 2.40. The molecular weight excluding hydrogens is 463 g/mol. The summed E-state index contributed by atoms with van der Waals surface area (Å²) in [6, 6.07) is 4.66. The number of fused-ring (bicyclic) bond motifs is 2. The number of nitrogens with one attached hydrogen (secondary N) is 1. The number of aryl methyl sites for hydroxylation is 2. The van der Waals surface area contributed by atoms with Crippen molar-refractivity contribution in [1.82, 2.24) is 24.9 Å². The summed E-state index contributed by atoms with van der Waals surface area (Å²) in [5.41, 5.74) is -0.598. The van der Waals surface area contributed by atoms with Crippen LogP contribution in [0.2, 0.25) is 0 Å². The second-order valence-corrected chi connectivity index (χ2v) is 9.63. The monoisotopic (exact) mass is 491 g/mol. The summed E-state index contributed by atoms with van der Waals surface area (Å²) in [6.07, 6.45) is -2.34. The number of hydrogen-bond donors (Lipinski definition) is 1. The molecule has 3 aromatic rings. The van der Waals surface area contributed by atoms with Crippen molar-refractivity contribution in [2.24, 2.45) is 11.8 Å². The molecule has 3 heterocycles. The van der Waals surface area contributed by atoms with Crippen molar-refractivity contribution < 1.29 is 22.4 Å². The van der Waals surface area contributed by atoms with E-state index in [1.54, 1.807) is 11.6 Å². The molecule has 35 heavy (non-hydrogen) atoms. The van der Waals surface area contributed by atoms with Crippen molar-refractivity contribution in [1.29, 1.82) is 0 Å². The van der Waals surface area contributed by atoms with E-state index in [9.17, 15) is 13.2 Å². The Bertz CT molecular complexity index is 1190. The number of hydrogen-bond acceptors (Lipinski definition) is 8. The summed E-state index contributed by atoms with van der Waals surface area (Å²) < 4.78 is 52.7. The van der Waals surface area contributed by atoms with Gasteiger partial charge in [-0.05, 0) is 70.1 Å². The summed E-state index contributed by atoms with van der Waals surface area (Å²) >= 11 is 0. The van der Waals surface area contributed by atoms with Gasteiger partial charge in [0.2, 0.25) is 5.95 Å². The highest BCUT2D eigenvalue weighted by atomic mass is 19.4. The molecule has 1 saturated heterocycles. The quantitative estimate of drug-likeness (QED) is 0.515. The van der Waals surface area contributed by atoms with Crippen LogP contribution >= 0.6 is 0 Å². The van der Waals surface area contributed by atoms with Crippen molar-refractivity contribution in [3.8, 4) is 11.8 Å². The lowest BCUT2D eigenvalue weighted by atomic mass is 9.92. The van der Waals surface area contributed by atoms with Crippen molar-refractivity contribution in [2.45, 2.75) is 58.8 Å². The fraction of sp³-hybridized carbons (Fsp3) is 0.565. The number of anilines is 2. The second kappa shape index (κ2) is 8.72. The minimum absolute atomic E-state index is 0.0620. The van der Waals surface area contributed by atoms with Crippen molar-refractivity contribution in [2.75, 3.05) is 23.3 Å². The number of aromatic nitrogens is 5. The molecule has 1 aromatic carbocycles. The Morgan fingerprint density at radius 3 is 2.43 bits per heavy atom. The van der Waals surface area contributed by atoms with Crippen LogP contribution in [0.4, 0.5) is 25.1 Å². The zero-order chi connectivity index (χ0) is 24.9. The SMILES string of the molecule is Cc1noc(N2CC3CCC(C2)C3Nc2nc(Oc3ccc(C)c(C(F)(F)F)c3)n(C(C)C)n2)n1. The predicted molar refractivity (Wildman–Crippen MR) is 122 cm³/mol. The number of benzene rings is 1. The maximum absolute atomic E-state index is 13.3. The van der Waals surface area contributed by atoms with Gasteiger partial charge in [-0.2, -0.15) is 23.1 Å². The van der Waals surface area contributed by atoms with Crippen LogP contribution in [0, 0.1) is 25.7 Å². The van der Waals surface area contributed by atoms with Gasteiger partial charge in [0.15, 0.2) is 5.82 Å². The van der Waals surface area contributed by atoms with Gasteiger partial charge in [0.05, 0.1) is 11.6 Å². The van der Waals surface area contributed by atoms with Gasteiger partial charge in [0.1, 0.15) is 5.75 Å². The van der Waals surface area contributed by atoms with Crippen LogP contribution < -0.4 is 15.0 Å². The molecular formula is C23H28F3N7O2. The van der Waals surface area contributed by atoms with E-state index in [1.165, 1.54) is 19.1 Å². The highest BCUT2D eigenvalue weighted by Gasteiger charge is 2.44. The van der Waals surface area contributed by atoms with E-state index in [0.29, 0.717) is 29.6 Å². The molecule has 2 unspecified atom stereocenters. The summed E-state index contributed by atoms with van der Waals surface area (Å²) in [4.78, 5) is 11.0. The van der Waals surface area contributed by atoms with E-state index in [0.717, 1.165) is 32.0 Å². The van der Waals surface area contributed by atoms with Gasteiger partial charge in [0.25, 0.3) is 0 Å². The van der Waals surface area contributed by atoms with Gasteiger partial charge >= 0.3 is 18.2 Å². The largest absolute Gasteiger partial charge is 0.424 e. The predicted octanol–water partition coefficient (Wildman–Crippen LogP) is 5.00. The minimum atomic E-state index is -4.46. The van der Waals surface area contributed by atoms with E-state index in [4.69, 9.17) is 9.26 Å². The lowest BCUT2D eigenvalue weighted by molar-refractivity contribution is -0.138. The number of rotatable bonds is 6. The minimum Gasteiger partial charge on any atom is -0.424 e. The zero-order valence-corrected chi connectivity index (χ0v) is 20.0. The molecule has 1 aliphatic carbocycles. The average Bonchev–Trinajstić information content (AvgIpc) is 3.45. The van der Waals surface area contributed by atoms with Crippen LogP contribution in [0.1, 0.15) is 49.7 Å². The molecule has 2 atom stereocenters. The first-order chi connectivity index (χ1) is 16.6. The van der Waals surface area contributed by atoms with Gasteiger partial charge in [-0.1, -0.05) is 11.2 Å². The van der Waals surface area contributed by atoms with E-state index in [-0.39, 0.29) is 29.4 Å². The standard InChI is InChI=1S/C23H28F3N7O2/c1-12(2)33-22(34-17-8-5-13(3)18(9-17)23(24,25)26)29-20(30-33)28-19-15-6-7-16(19)11-32(10-15)21-27-14(4)31-35-21/h5,8-9,12,15-16,19H,6-7,10-11H2,1-4H3,(H,28,30). The molecule has 188 valence electrons. The van der Waals surface area contributed by atoms with Crippen LogP contribution in [-0.4, -0.2) is 44.0 Å². The Labute approximate surface area is 200 Å². The molecule has 2 aromatic heterocycles. The first-order valence-electron chi connectivity index (χ1n) is 11.7. The zero-order valence-electron chi connectivity index (χ0n) is 20.0. The first kappa shape index (κ1) is 23.4. The molecule has 0 amide bonds. The Morgan fingerprint density at radius 1 is 1.11 bits per heavy atom. The highest BCUT2D eigenvalue weighted by molar-refractivity contribution is 5.39. The van der Waals surface area contributed by atoms with Crippen molar-refractivity contribution in [3.63, 3.8) is 0 Å². The summed E-state index contributed by atoms with van der Waals surface area (Å²) in [7, 11) is 0. The van der Waals surface area contributed by atoms with Gasteiger partial charge in [-0.15, -0.1) is 5.10 Å². The van der Waals surface area contributed by atoms with Crippen molar-refractivity contribution in [3.05, 3.63) is 35.2 Å². The number of alkyl halides is 3. The molecule has 0 radical (unpaired) electrons. The van der Waals surface area contributed by atoms with E-state index in [2.05, 4.69) is 30.4 Å². The van der Waals surface area contributed by atoms with Gasteiger partial charge in [0, 0.05) is 19.1 Å². The lowest BCUT2D eigenvalue weighted by Gasteiger charge is -2.37. The van der Waals surface area contributed by atoms with Crippen LogP contribution in [0.3, 0.4) is 0 Å². The third-order valence-corrected chi connectivity index (χ3v) is 6.73. The fourth-order valence-electron chi connectivity index (χ4n) is 5.03. The Morgan fingerprint density at radius 2 is 1.83 bits per heavy atom. The normalized spacial score (nSPS) is 22.2. The fourth-order valence-corrected chi connectivity index (χ4v) is 5.03. The number of piperidine rings is 1. The molecule has 1 saturated carbocycles. The molecule has 2 aliphatic rings. The molecule has 0 spiro atoms. The maximum Gasteiger partial charge on any atom is 0.416 e. The maximum atomic E-state index is 13.3. The van der Waals surface area contributed by atoms with Crippen LogP contribution in [0.5, 0.6) is 11.8 Å².